The largest absolute Gasteiger partial charge is 0.337 e. The summed E-state index contributed by atoms with van der Waals surface area (Å²) in [5.74, 6) is 1.46. The highest BCUT2D eigenvalue weighted by atomic mass is 16.2. The Kier molecular flexibility index (Phi) is 4.34. The average Bonchev–Trinajstić information content (AvgIpc) is 3.10. The number of hydrogen-bond acceptors (Lipinski definition) is 4. The molecule has 0 radical (unpaired) electrons. The number of aryl methyl sites for hydroxylation is 1. The van der Waals surface area contributed by atoms with Gasteiger partial charge in [-0.3, -0.25) is 4.79 Å². The van der Waals surface area contributed by atoms with Gasteiger partial charge < -0.3 is 9.47 Å². The van der Waals surface area contributed by atoms with E-state index in [0.29, 0.717) is 11.6 Å². The molecule has 0 unspecified atom stereocenters. The number of imidazole rings is 1. The summed E-state index contributed by atoms with van der Waals surface area (Å²) in [6, 6.07) is 8.18. The van der Waals surface area contributed by atoms with Gasteiger partial charge in [0.2, 0.25) is 0 Å². The zero-order valence-electron chi connectivity index (χ0n) is 16.3. The maximum atomic E-state index is 13.1. The number of fused-ring (bicyclic) bond motifs is 2. The van der Waals surface area contributed by atoms with E-state index < -0.39 is 0 Å². The van der Waals surface area contributed by atoms with Gasteiger partial charge in [-0.2, -0.15) is 0 Å². The highest BCUT2D eigenvalue weighted by Gasteiger charge is 2.30. The van der Waals surface area contributed by atoms with Gasteiger partial charge in [-0.1, -0.05) is 0 Å². The summed E-state index contributed by atoms with van der Waals surface area (Å²) in [6.07, 6.45) is 6.95. The average molecular weight is 375 g/mol. The first-order valence-corrected chi connectivity index (χ1v) is 10.3. The molecule has 6 heteroatoms. The van der Waals surface area contributed by atoms with Gasteiger partial charge in [0.1, 0.15) is 11.5 Å². The van der Waals surface area contributed by atoms with E-state index >= 15 is 0 Å². The number of nitrogens with zero attached hydrogens (tertiary/aromatic N) is 5. The van der Waals surface area contributed by atoms with Crippen LogP contribution in [0.1, 0.15) is 59.3 Å². The Morgan fingerprint density at radius 2 is 1.93 bits per heavy atom. The first-order valence-electron chi connectivity index (χ1n) is 10.3. The fourth-order valence-corrected chi connectivity index (χ4v) is 4.62. The number of carbonyl (C=O) groups is 1. The van der Waals surface area contributed by atoms with Crippen LogP contribution in [0.5, 0.6) is 0 Å². The molecule has 144 valence electrons. The van der Waals surface area contributed by atoms with E-state index in [1.165, 1.54) is 6.42 Å². The predicted octanol–water partition coefficient (Wildman–Crippen LogP) is 3.49. The van der Waals surface area contributed by atoms with Crippen molar-refractivity contribution < 1.29 is 4.79 Å². The highest BCUT2D eigenvalue weighted by Crippen LogP contribution is 2.29. The fourth-order valence-electron chi connectivity index (χ4n) is 4.62. The smallest absolute Gasteiger partial charge is 0.274 e. The van der Waals surface area contributed by atoms with Crippen molar-refractivity contribution in [1.82, 2.24) is 24.4 Å². The lowest BCUT2D eigenvalue weighted by Gasteiger charge is -2.31. The Morgan fingerprint density at radius 3 is 2.79 bits per heavy atom. The van der Waals surface area contributed by atoms with Gasteiger partial charge in [0.05, 0.1) is 5.69 Å². The van der Waals surface area contributed by atoms with Crippen LogP contribution in [0, 0.1) is 6.92 Å². The third kappa shape index (κ3) is 2.97. The molecule has 2 aliphatic heterocycles. The maximum absolute atomic E-state index is 13.1. The minimum absolute atomic E-state index is 0.102. The molecule has 2 aliphatic rings. The number of aromatic nitrogens is 4. The zero-order chi connectivity index (χ0) is 19.1. The van der Waals surface area contributed by atoms with E-state index in [9.17, 15) is 4.79 Å². The van der Waals surface area contributed by atoms with E-state index in [4.69, 9.17) is 4.98 Å². The molecule has 0 atom stereocenters. The number of rotatable bonds is 2. The lowest BCUT2D eigenvalue weighted by atomic mass is 9.92. The van der Waals surface area contributed by atoms with E-state index in [1.54, 1.807) is 6.20 Å². The molecule has 1 fully saturated rings. The van der Waals surface area contributed by atoms with Crippen LogP contribution in [0.15, 0.2) is 30.5 Å². The molecule has 3 aromatic heterocycles. The first kappa shape index (κ1) is 17.3. The van der Waals surface area contributed by atoms with Crippen molar-refractivity contribution in [3.8, 4) is 0 Å². The van der Waals surface area contributed by atoms with Crippen molar-refractivity contribution in [3.05, 3.63) is 53.4 Å². The minimum atomic E-state index is 0.102. The molecule has 0 aromatic carbocycles. The van der Waals surface area contributed by atoms with Crippen LogP contribution in [-0.4, -0.2) is 43.4 Å². The van der Waals surface area contributed by atoms with Crippen LogP contribution in [0.2, 0.25) is 0 Å². The summed E-state index contributed by atoms with van der Waals surface area (Å²) < 4.78 is 2.23. The Labute approximate surface area is 164 Å². The SMILES string of the molecule is Cc1nc(C(=O)N2CCC(c3ccc4cccnc4n3)CC2)c2n1CCCC2. The second kappa shape index (κ2) is 7.00. The Bertz CT molecular complexity index is 1030. The van der Waals surface area contributed by atoms with Gasteiger partial charge in [-0.05, 0) is 63.3 Å². The number of piperidine rings is 1. The quantitative estimate of drug-likeness (QED) is 0.688. The van der Waals surface area contributed by atoms with Crippen molar-refractivity contribution in [3.63, 3.8) is 0 Å². The topological polar surface area (TPSA) is 63.9 Å². The van der Waals surface area contributed by atoms with E-state index in [-0.39, 0.29) is 5.91 Å². The molecule has 6 nitrogen and oxygen atoms in total. The summed E-state index contributed by atoms with van der Waals surface area (Å²) in [7, 11) is 0. The molecule has 5 heterocycles. The zero-order valence-corrected chi connectivity index (χ0v) is 16.3. The first-order chi connectivity index (χ1) is 13.7. The highest BCUT2D eigenvalue weighted by molar-refractivity contribution is 5.93. The fraction of sp³-hybridized carbons (Fsp3) is 0.455. The molecule has 28 heavy (non-hydrogen) atoms. The number of pyridine rings is 2. The Hall–Kier alpha value is -2.76. The van der Waals surface area contributed by atoms with Gasteiger partial charge in [0.25, 0.3) is 5.91 Å². The third-order valence-electron chi connectivity index (χ3n) is 6.20. The lowest BCUT2D eigenvalue weighted by molar-refractivity contribution is 0.0705. The molecule has 0 saturated carbocycles. The van der Waals surface area contributed by atoms with E-state index in [0.717, 1.165) is 73.6 Å². The standard InChI is InChI=1S/C22H25N5O/c1-15-24-20(19-6-2-3-12-27(15)19)22(28)26-13-9-16(10-14-26)18-8-7-17-5-4-11-23-21(17)25-18/h4-5,7-8,11,16H,2-3,6,9-10,12-14H2,1H3. The molecular formula is C22H25N5O. The lowest BCUT2D eigenvalue weighted by Crippen LogP contribution is -2.38. The van der Waals surface area contributed by atoms with Gasteiger partial charge in [-0.25, -0.2) is 15.0 Å². The molecule has 1 amide bonds. The molecule has 0 aliphatic carbocycles. The summed E-state index contributed by atoms with van der Waals surface area (Å²) in [4.78, 5) is 28.9. The van der Waals surface area contributed by atoms with E-state index in [2.05, 4.69) is 26.7 Å². The summed E-state index contributed by atoms with van der Waals surface area (Å²) in [6.45, 7) is 4.52. The van der Waals surface area contributed by atoms with Crippen molar-refractivity contribution in [2.45, 2.75) is 51.5 Å². The number of carbonyl (C=O) groups excluding carboxylic acids is 1. The molecule has 0 N–H and O–H groups in total. The van der Waals surface area contributed by atoms with Crippen molar-refractivity contribution in [2.75, 3.05) is 13.1 Å². The molecular weight excluding hydrogens is 350 g/mol. The maximum Gasteiger partial charge on any atom is 0.274 e. The minimum Gasteiger partial charge on any atom is -0.337 e. The Balaban J connectivity index is 1.31. The van der Waals surface area contributed by atoms with Crippen molar-refractivity contribution in [2.24, 2.45) is 0 Å². The summed E-state index contributed by atoms with van der Waals surface area (Å²) in [5.41, 5.74) is 3.72. The molecule has 5 rings (SSSR count). The van der Waals surface area contributed by atoms with Crippen LogP contribution < -0.4 is 0 Å². The predicted molar refractivity (Wildman–Crippen MR) is 107 cm³/mol. The third-order valence-corrected chi connectivity index (χ3v) is 6.20. The second-order valence-corrected chi connectivity index (χ2v) is 7.92. The van der Waals surface area contributed by atoms with Gasteiger partial charge in [0, 0.05) is 42.8 Å². The van der Waals surface area contributed by atoms with Gasteiger partial charge in [-0.15, -0.1) is 0 Å². The van der Waals surface area contributed by atoms with Gasteiger partial charge in [0.15, 0.2) is 5.65 Å². The van der Waals surface area contributed by atoms with Crippen LogP contribution in [0.25, 0.3) is 11.0 Å². The van der Waals surface area contributed by atoms with Crippen molar-refractivity contribution in [1.29, 1.82) is 0 Å². The number of hydrogen-bond donors (Lipinski definition) is 0. The van der Waals surface area contributed by atoms with Gasteiger partial charge >= 0.3 is 0 Å². The second-order valence-electron chi connectivity index (χ2n) is 7.92. The van der Waals surface area contributed by atoms with Crippen LogP contribution in [0.4, 0.5) is 0 Å². The van der Waals surface area contributed by atoms with Crippen LogP contribution in [0.3, 0.4) is 0 Å². The van der Waals surface area contributed by atoms with Crippen molar-refractivity contribution >= 4 is 16.9 Å². The van der Waals surface area contributed by atoms with Crippen LogP contribution in [-0.2, 0) is 13.0 Å². The molecule has 3 aromatic rings. The normalized spacial score (nSPS) is 17.7. The molecule has 1 saturated heterocycles. The monoisotopic (exact) mass is 375 g/mol. The Morgan fingerprint density at radius 1 is 1.07 bits per heavy atom. The van der Waals surface area contributed by atoms with Crippen LogP contribution >= 0.6 is 0 Å². The number of likely N-dealkylation sites (tertiary alicyclic amines) is 1. The number of amides is 1. The molecule has 0 bridgehead atoms. The summed E-state index contributed by atoms with van der Waals surface area (Å²) >= 11 is 0. The molecule has 0 spiro atoms. The van der Waals surface area contributed by atoms with E-state index in [1.807, 2.05) is 24.0 Å². The summed E-state index contributed by atoms with van der Waals surface area (Å²) in [5, 5.41) is 1.07.